The van der Waals surface area contributed by atoms with E-state index in [9.17, 15) is 9.90 Å². The van der Waals surface area contributed by atoms with Crippen molar-refractivity contribution in [2.75, 3.05) is 0 Å². The molecule has 5 N–H and O–H groups in total. The number of nitrogens with two attached hydrogens (primary N) is 1. The first-order valence-electron chi connectivity index (χ1n) is 8.44. The number of nitrogens with one attached hydrogen (secondary N) is 2. The summed E-state index contributed by atoms with van der Waals surface area (Å²) in [5.41, 5.74) is 10.5. The number of phenolic OH excluding ortho intramolecular Hbond substituents is 1. The second-order valence-corrected chi connectivity index (χ2v) is 6.32. The zero-order valence-corrected chi connectivity index (χ0v) is 15.1. The van der Waals surface area contributed by atoms with E-state index in [0.717, 1.165) is 22.5 Å². The first-order chi connectivity index (χ1) is 12.9. The third-order valence-corrected chi connectivity index (χ3v) is 4.35. The van der Waals surface area contributed by atoms with Crippen LogP contribution >= 0.6 is 0 Å². The number of Topliss-reactive ketones (excluding diaryl/α,β-unsaturated/α-hetero) is 1. The average molecular weight is 362 g/mol. The molecule has 2 aliphatic rings. The molecule has 0 bridgehead atoms. The van der Waals surface area contributed by atoms with Crippen LogP contribution in [0.3, 0.4) is 0 Å². The third-order valence-electron chi connectivity index (χ3n) is 4.35. The van der Waals surface area contributed by atoms with Crippen LogP contribution in [0.1, 0.15) is 12.5 Å². The fourth-order valence-electron chi connectivity index (χ4n) is 2.85. The molecule has 6 heteroatoms. The van der Waals surface area contributed by atoms with Crippen molar-refractivity contribution in [3.63, 3.8) is 0 Å². The molecule has 0 radical (unpaired) electrons. The van der Waals surface area contributed by atoms with Gasteiger partial charge in [-0.3, -0.25) is 4.79 Å². The Kier molecular flexibility index (Phi) is 4.90. The first-order valence-corrected chi connectivity index (χ1v) is 8.44. The van der Waals surface area contributed by atoms with E-state index in [0.29, 0.717) is 23.5 Å². The average Bonchev–Trinajstić information content (AvgIpc) is 2.64. The van der Waals surface area contributed by atoms with Crippen molar-refractivity contribution in [2.24, 2.45) is 5.73 Å². The highest BCUT2D eigenvalue weighted by atomic mass is 16.3. The van der Waals surface area contributed by atoms with Gasteiger partial charge in [0.05, 0.1) is 11.4 Å². The molecule has 0 aromatic heterocycles. The zero-order valence-electron chi connectivity index (χ0n) is 15.1. The number of carbonyl (C=O) groups excluding carboxylic acids is 1. The molecule has 3 rings (SSSR count). The van der Waals surface area contributed by atoms with Gasteiger partial charge in [-0.2, -0.15) is 0 Å². The molecule has 0 saturated heterocycles. The summed E-state index contributed by atoms with van der Waals surface area (Å²) < 4.78 is 0. The number of aromatic hydroxyl groups is 1. The predicted molar refractivity (Wildman–Crippen MR) is 105 cm³/mol. The lowest BCUT2D eigenvalue weighted by Crippen LogP contribution is -2.38. The Morgan fingerprint density at radius 3 is 2.78 bits per heavy atom. The Labute approximate surface area is 158 Å². The number of ketones is 1. The van der Waals surface area contributed by atoms with E-state index >= 15 is 0 Å². The lowest BCUT2D eigenvalue weighted by Gasteiger charge is -2.30. The molecule has 6 nitrogen and oxygen atoms in total. The predicted octanol–water partition coefficient (Wildman–Crippen LogP) is 2.47. The van der Waals surface area contributed by atoms with Crippen molar-refractivity contribution in [2.45, 2.75) is 13.5 Å². The van der Waals surface area contributed by atoms with Crippen LogP contribution in [0.5, 0.6) is 5.75 Å². The van der Waals surface area contributed by atoms with Gasteiger partial charge in [-0.1, -0.05) is 25.3 Å². The summed E-state index contributed by atoms with van der Waals surface area (Å²) in [6.07, 6.45) is 6.91. The number of rotatable bonds is 6. The highest BCUT2D eigenvalue weighted by Crippen LogP contribution is 2.29. The van der Waals surface area contributed by atoms with Gasteiger partial charge < -0.3 is 26.4 Å². The van der Waals surface area contributed by atoms with E-state index in [1.54, 1.807) is 29.3 Å². The maximum Gasteiger partial charge on any atom is 0.212 e. The van der Waals surface area contributed by atoms with Crippen molar-refractivity contribution < 1.29 is 9.90 Å². The van der Waals surface area contributed by atoms with Crippen molar-refractivity contribution in [1.29, 1.82) is 0 Å². The second kappa shape index (κ2) is 7.29. The third kappa shape index (κ3) is 3.64. The standard InChI is InChI=1S/C21H22N4O2/c1-13-9-14(2)25(8-7-22)12-18(13)24-19-15(3)21(27)20(19)23-11-16-5-4-6-17(26)10-16/h4-10,12,23-24,26H,2-3,11,22H2,1H3/b8-7-. The van der Waals surface area contributed by atoms with Crippen LogP contribution in [0.15, 0.2) is 96.0 Å². The van der Waals surface area contributed by atoms with Crippen molar-refractivity contribution >= 4 is 5.78 Å². The van der Waals surface area contributed by atoms with Crippen molar-refractivity contribution in [1.82, 2.24) is 15.5 Å². The van der Waals surface area contributed by atoms with Gasteiger partial charge in [-0.25, -0.2) is 0 Å². The monoisotopic (exact) mass is 362 g/mol. The topological polar surface area (TPSA) is 90.6 Å². The number of phenols is 1. The van der Waals surface area contributed by atoms with E-state index < -0.39 is 0 Å². The minimum atomic E-state index is -0.126. The van der Waals surface area contributed by atoms with Crippen LogP contribution in [0.4, 0.5) is 0 Å². The van der Waals surface area contributed by atoms with E-state index in [1.165, 1.54) is 6.20 Å². The Morgan fingerprint density at radius 1 is 1.30 bits per heavy atom. The maximum absolute atomic E-state index is 12.2. The first kappa shape index (κ1) is 18.1. The largest absolute Gasteiger partial charge is 0.508 e. The highest BCUT2D eigenvalue weighted by molar-refractivity contribution is 6.19. The molecule has 0 amide bonds. The smallest absolute Gasteiger partial charge is 0.212 e. The number of carbonyl (C=O) groups is 1. The Bertz CT molecular complexity index is 951. The molecule has 0 atom stereocenters. The van der Waals surface area contributed by atoms with E-state index in [1.807, 2.05) is 25.3 Å². The van der Waals surface area contributed by atoms with Crippen LogP contribution in [0, 0.1) is 0 Å². The molecular formula is C21H22N4O2. The molecule has 27 heavy (non-hydrogen) atoms. The molecular weight excluding hydrogens is 340 g/mol. The summed E-state index contributed by atoms with van der Waals surface area (Å²) in [6.45, 7) is 10.2. The lowest BCUT2D eigenvalue weighted by molar-refractivity contribution is -0.113. The number of hydrogen-bond acceptors (Lipinski definition) is 6. The highest BCUT2D eigenvalue weighted by Gasteiger charge is 2.33. The molecule has 1 heterocycles. The molecule has 0 spiro atoms. The summed E-state index contributed by atoms with van der Waals surface area (Å²) in [6, 6.07) is 6.89. The SMILES string of the molecule is C=C1C(=O)C(NCc2cccc(O)c2)=C1NC1=CN(/C=C\N)C(=C)C=C1C. The van der Waals surface area contributed by atoms with Crippen molar-refractivity contribution in [3.05, 3.63) is 102 Å². The van der Waals surface area contributed by atoms with Crippen LogP contribution < -0.4 is 16.4 Å². The summed E-state index contributed by atoms with van der Waals surface area (Å²) in [7, 11) is 0. The number of allylic oxidation sites excluding steroid dienone is 4. The minimum Gasteiger partial charge on any atom is -0.508 e. The fourth-order valence-corrected chi connectivity index (χ4v) is 2.85. The van der Waals surface area contributed by atoms with E-state index in [4.69, 9.17) is 5.73 Å². The van der Waals surface area contributed by atoms with Gasteiger partial charge in [-0.05, 0) is 36.3 Å². The molecule has 0 saturated carbocycles. The van der Waals surface area contributed by atoms with Gasteiger partial charge in [0, 0.05) is 36.4 Å². The van der Waals surface area contributed by atoms with E-state index in [2.05, 4.69) is 23.8 Å². The van der Waals surface area contributed by atoms with Crippen LogP contribution in [0.2, 0.25) is 0 Å². The molecule has 0 fully saturated rings. The zero-order chi connectivity index (χ0) is 19.6. The van der Waals surface area contributed by atoms with E-state index in [-0.39, 0.29) is 11.5 Å². The van der Waals surface area contributed by atoms with Gasteiger partial charge in [0.1, 0.15) is 11.4 Å². The molecule has 1 aliphatic heterocycles. The molecule has 0 unspecified atom stereocenters. The second-order valence-electron chi connectivity index (χ2n) is 6.32. The number of benzene rings is 1. The Morgan fingerprint density at radius 2 is 2.07 bits per heavy atom. The van der Waals surface area contributed by atoms with Crippen LogP contribution in [-0.2, 0) is 11.3 Å². The van der Waals surface area contributed by atoms with Crippen LogP contribution in [-0.4, -0.2) is 15.8 Å². The summed E-state index contributed by atoms with van der Waals surface area (Å²) in [4.78, 5) is 14.0. The quantitative estimate of drug-likeness (QED) is 0.581. The Balaban J connectivity index is 1.80. The number of nitrogens with zero attached hydrogens (tertiary/aromatic N) is 1. The summed E-state index contributed by atoms with van der Waals surface area (Å²) >= 11 is 0. The van der Waals surface area contributed by atoms with Gasteiger partial charge in [0.15, 0.2) is 0 Å². The normalized spacial score (nSPS) is 17.1. The maximum atomic E-state index is 12.2. The molecule has 138 valence electrons. The fraction of sp³-hybridized carbons (Fsp3) is 0.0952. The minimum absolute atomic E-state index is 0.126. The number of hydrogen-bond donors (Lipinski definition) is 4. The molecule has 1 aliphatic carbocycles. The van der Waals surface area contributed by atoms with Gasteiger partial charge in [-0.15, -0.1) is 0 Å². The lowest BCUT2D eigenvalue weighted by atomic mass is 9.92. The van der Waals surface area contributed by atoms with Crippen molar-refractivity contribution in [3.8, 4) is 5.75 Å². The molecule has 1 aromatic carbocycles. The van der Waals surface area contributed by atoms with Crippen LogP contribution in [0.25, 0.3) is 0 Å². The summed E-state index contributed by atoms with van der Waals surface area (Å²) in [5.74, 6) is 0.0613. The Hall–Kier alpha value is -3.67. The van der Waals surface area contributed by atoms with Gasteiger partial charge >= 0.3 is 0 Å². The van der Waals surface area contributed by atoms with Gasteiger partial charge in [0.2, 0.25) is 5.78 Å². The van der Waals surface area contributed by atoms with Gasteiger partial charge in [0.25, 0.3) is 0 Å². The molecule has 1 aromatic rings. The summed E-state index contributed by atoms with van der Waals surface area (Å²) in [5, 5.41) is 16.0.